The number of carbonyl (C=O) groups excluding carboxylic acids is 1. The molecule has 0 aliphatic heterocycles. The van der Waals surface area contributed by atoms with E-state index in [4.69, 9.17) is 40.2 Å². The third kappa shape index (κ3) is 4.21. The summed E-state index contributed by atoms with van der Waals surface area (Å²) in [5.41, 5.74) is 1.82. The van der Waals surface area contributed by atoms with E-state index in [1.54, 1.807) is 10.8 Å². The second-order valence-corrected chi connectivity index (χ2v) is 8.11. The van der Waals surface area contributed by atoms with Crippen molar-refractivity contribution < 1.29 is 9.53 Å². The van der Waals surface area contributed by atoms with E-state index < -0.39 is 5.91 Å². The number of aromatic nitrogens is 4. The Labute approximate surface area is 189 Å². The summed E-state index contributed by atoms with van der Waals surface area (Å²) in [5, 5.41) is 19.1. The summed E-state index contributed by atoms with van der Waals surface area (Å²) >= 11 is 18.8. The molecule has 12 heteroatoms. The lowest BCUT2D eigenvalue weighted by molar-refractivity contribution is 0.0977. The van der Waals surface area contributed by atoms with Gasteiger partial charge in [0.1, 0.15) is 11.3 Å². The zero-order valence-electron chi connectivity index (χ0n) is 15.2. The zero-order chi connectivity index (χ0) is 21.3. The minimum Gasteiger partial charge on any atom is -0.494 e. The number of hydrogen-bond donors (Lipinski definition) is 2. The van der Waals surface area contributed by atoms with Crippen molar-refractivity contribution in [2.24, 2.45) is 0 Å². The zero-order valence-corrected chi connectivity index (χ0v) is 18.4. The number of hydrogen-bond acceptors (Lipinski definition) is 7. The SMILES string of the molecule is COc1c(Cl)cc(C(=O)NC(=S)Nc2cccc(-c3nn4cnnc4s3)c2)cc1Cl. The lowest BCUT2D eigenvalue weighted by Gasteiger charge is -2.12. The van der Waals surface area contributed by atoms with E-state index in [1.165, 1.54) is 30.6 Å². The molecule has 0 radical (unpaired) electrons. The molecule has 0 fully saturated rings. The molecule has 8 nitrogen and oxygen atoms in total. The molecule has 0 saturated heterocycles. The van der Waals surface area contributed by atoms with E-state index in [-0.39, 0.29) is 20.7 Å². The van der Waals surface area contributed by atoms with Crippen molar-refractivity contribution in [2.45, 2.75) is 0 Å². The molecule has 4 rings (SSSR count). The van der Waals surface area contributed by atoms with Crippen LogP contribution in [-0.2, 0) is 0 Å². The normalized spacial score (nSPS) is 10.8. The van der Waals surface area contributed by atoms with Crippen LogP contribution >= 0.6 is 46.8 Å². The van der Waals surface area contributed by atoms with Gasteiger partial charge in [-0.1, -0.05) is 46.7 Å². The Kier molecular flexibility index (Phi) is 5.82. The van der Waals surface area contributed by atoms with Crippen LogP contribution in [0, 0.1) is 0 Å². The van der Waals surface area contributed by atoms with Crippen molar-refractivity contribution in [3.8, 4) is 16.3 Å². The van der Waals surface area contributed by atoms with Crippen LogP contribution in [-0.4, -0.2) is 37.9 Å². The highest BCUT2D eigenvalue weighted by Crippen LogP contribution is 2.33. The second kappa shape index (κ2) is 8.52. The molecule has 0 aliphatic carbocycles. The molecule has 0 bridgehead atoms. The minimum atomic E-state index is -0.455. The molecule has 1 amide bonds. The van der Waals surface area contributed by atoms with Crippen LogP contribution < -0.4 is 15.4 Å². The fourth-order valence-electron chi connectivity index (χ4n) is 2.63. The fourth-order valence-corrected chi connectivity index (χ4v) is 4.30. The third-order valence-electron chi connectivity index (χ3n) is 3.95. The molecule has 0 aliphatic rings. The molecular weight excluding hydrogens is 467 g/mol. The van der Waals surface area contributed by atoms with E-state index >= 15 is 0 Å². The number of anilines is 1. The van der Waals surface area contributed by atoms with Crippen LogP contribution in [0.3, 0.4) is 0 Å². The predicted molar refractivity (Wildman–Crippen MR) is 121 cm³/mol. The van der Waals surface area contributed by atoms with Gasteiger partial charge in [0.05, 0.1) is 17.2 Å². The van der Waals surface area contributed by atoms with Gasteiger partial charge >= 0.3 is 0 Å². The highest BCUT2D eigenvalue weighted by molar-refractivity contribution is 7.80. The number of amides is 1. The standard InChI is InChI=1S/C18H12Cl2N6O2S2/c1-28-14-12(19)6-10(7-13(14)20)15(27)23-17(29)22-11-4-2-3-9(5-11)16-25-26-8-21-24-18(26)30-16/h2-8H,1H3,(H2,22,23,27,29). The van der Waals surface area contributed by atoms with Crippen LogP contribution in [0.5, 0.6) is 5.75 Å². The van der Waals surface area contributed by atoms with Gasteiger partial charge < -0.3 is 10.1 Å². The van der Waals surface area contributed by atoms with Crippen LogP contribution in [0.1, 0.15) is 10.4 Å². The van der Waals surface area contributed by atoms with Crippen molar-refractivity contribution in [1.29, 1.82) is 0 Å². The molecule has 0 saturated carbocycles. The van der Waals surface area contributed by atoms with E-state index in [1.807, 2.05) is 24.3 Å². The number of halogens is 2. The second-order valence-electron chi connectivity index (χ2n) is 5.93. The molecule has 0 unspecified atom stereocenters. The lowest BCUT2D eigenvalue weighted by Crippen LogP contribution is -2.34. The van der Waals surface area contributed by atoms with Gasteiger partial charge in [-0.05, 0) is 36.5 Å². The average Bonchev–Trinajstić information content (AvgIpc) is 3.30. The Morgan fingerprint density at radius 2 is 2.00 bits per heavy atom. The largest absolute Gasteiger partial charge is 0.494 e. The van der Waals surface area contributed by atoms with Crippen LogP contribution in [0.25, 0.3) is 15.5 Å². The van der Waals surface area contributed by atoms with E-state index in [0.29, 0.717) is 16.4 Å². The number of rotatable bonds is 4. The van der Waals surface area contributed by atoms with Crippen molar-refractivity contribution >= 4 is 68.4 Å². The molecule has 30 heavy (non-hydrogen) atoms. The third-order valence-corrected chi connectivity index (χ3v) is 5.67. The number of ether oxygens (including phenoxy) is 1. The Hall–Kier alpha value is -2.79. The highest BCUT2D eigenvalue weighted by atomic mass is 35.5. The van der Waals surface area contributed by atoms with E-state index in [9.17, 15) is 4.79 Å². The van der Waals surface area contributed by atoms with E-state index in [2.05, 4.69) is 25.9 Å². The monoisotopic (exact) mass is 478 g/mol. The van der Waals surface area contributed by atoms with Gasteiger partial charge in [0.15, 0.2) is 10.9 Å². The van der Waals surface area contributed by atoms with Gasteiger partial charge in [-0.25, -0.2) is 0 Å². The van der Waals surface area contributed by atoms with E-state index in [0.717, 1.165) is 10.6 Å². The summed E-state index contributed by atoms with van der Waals surface area (Å²) < 4.78 is 6.69. The number of thiocarbonyl (C=S) groups is 1. The van der Waals surface area contributed by atoms with Crippen molar-refractivity contribution in [3.63, 3.8) is 0 Å². The van der Waals surface area contributed by atoms with Gasteiger partial charge in [0.2, 0.25) is 4.96 Å². The Morgan fingerprint density at radius 3 is 2.70 bits per heavy atom. The van der Waals surface area contributed by atoms with Crippen LogP contribution in [0.4, 0.5) is 5.69 Å². The van der Waals surface area contributed by atoms with Gasteiger partial charge in [-0.3, -0.25) is 10.1 Å². The molecule has 0 spiro atoms. The summed E-state index contributed by atoms with van der Waals surface area (Å²) in [4.78, 5) is 13.2. The average molecular weight is 479 g/mol. The summed E-state index contributed by atoms with van der Waals surface area (Å²) in [6.07, 6.45) is 1.54. The Balaban J connectivity index is 1.46. The quantitative estimate of drug-likeness (QED) is 0.422. The lowest BCUT2D eigenvalue weighted by atomic mass is 10.2. The first-order valence-corrected chi connectivity index (χ1v) is 10.4. The molecule has 2 aromatic heterocycles. The summed E-state index contributed by atoms with van der Waals surface area (Å²) in [7, 11) is 1.44. The minimum absolute atomic E-state index is 0.123. The van der Waals surface area contributed by atoms with Gasteiger partial charge in [0.25, 0.3) is 5.91 Å². The van der Waals surface area contributed by atoms with Gasteiger partial charge in [0, 0.05) is 16.8 Å². The number of nitrogens with one attached hydrogen (secondary N) is 2. The highest BCUT2D eigenvalue weighted by Gasteiger charge is 2.15. The van der Waals surface area contributed by atoms with Crippen LogP contribution in [0.15, 0.2) is 42.7 Å². The first-order chi connectivity index (χ1) is 14.4. The molecule has 2 aromatic carbocycles. The molecular formula is C18H12Cl2N6O2S2. The van der Waals surface area contributed by atoms with Crippen LogP contribution in [0.2, 0.25) is 10.0 Å². The topological polar surface area (TPSA) is 93.4 Å². The first-order valence-electron chi connectivity index (χ1n) is 8.37. The van der Waals surface area contributed by atoms with Crippen molar-refractivity contribution in [1.82, 2.24) is 25.1 Å². The summed E-state index contributed by atoms with van der Waals surface area (Å²) in [6.45, 7) is 0. The van der Waals surface area contributed by atoms with Gasteiger partial charge in [-0.2, -0.15) is 9.61 Å². The Morgan fingerprint density at radius 1 is 1.23 bits per heavy atom. The number of carbonyl (C=O) groups is 1. The van der Waals surface area contributed by atoms with Crippen molar-refractivity contribution in [2.75, 3.05) is 12.4 Å². The maximum atomic E-state index is 12.5. The Bertz CT molecular complexity index is 1220. The predicted octanol–water partition coefficient (Wildman–Crippen LogP) is 4.30. The summed E-state index contributed by atoms with van der Waals surface area (Å²) in [5.74, 6) is -0.151. The molecule has 4 aromatic rings. The van der Waals surface area contributed by atoms with Crippen molar-refractivity contribution in [3.05, 3.63) is 58.3 Å². The maximum absolute atomic E-state index is 12.5. The molecule has 0 atom stereocenters. The summed E-state index contributed by atoms with van der Waals surface area (Å²) in [6, 6.07) is 10.4. The number of methoxy groups -OCH3 is 1. The molecule has 2 N–H and O–H groups in total. The molecule has 2 heterocycles. The number of fused-ring (bicyclic) bond motifs is 1. The fraction of sp³-hybridized carbons (Fsp3) is 0.0556. The smallest absolute Gasteiger partial charge is 0.257 e. The maximum Gasteiger partial charge on any atom is 0.257 e. The first kappa shape index (κ1) is 20.5. The number of benzene rings is 2. The van der Waals surface area contributed by atoms with Gasteiger partial charge in [-0.15, -0.1) is 10.2 Å². The number of nitrogens with zero attached hydrogens (tertiary/aromatic N) is 4. The molecule has 152 valence electrons.